The largest absolute Gasteiger partial charge is 0.658 e. The Kier molecular flexibility index (Phi) is 30.9. The second-order valence-electron chi connectivity index (χ2n) is 32.6. The normalized spacial score (nSPS) is 27.2. The van der Waals surface area contributed by atoms with E-state index in [9.17, 15) is 19.2 Å². The first-order chi connectivity index (χ1) is 51.7. The van der Waals surface area contributed by atoms with Crippen LogP contribution < -0.4 is 18.6 Å². The standard InChI is InChI=1S/C16H24B2O12.C12H8B2O4.2C12H24B2O4.C10H20B2O4.C4H8B2O4/c1-5-23-13(19)9-10(14(20)24-6-2)28-17(27-9)18-29-11(15(21)25-7-3)12(30-18)16(22)26-8-4;1-2-6-10-9(5-1)15-13(16-10)14-17-11-7-3-4-8-12(11)18-14;1-9-7-11(3,4)17-13(15-9)14-16-10(2)8-12(5,6)18-14;1-9(2)10(3,4)16-13(15-9)14-17-11(5,6)12(7,8)18-14;1-9(2)5-13-11(14-6-9)12-15-7-10(3,4)8-16-12;1-2-8-5(7-1)6-9-3-4-10-6/h9-12H,5-8H2,1-4H3;1-8H;9-10H,7-8H2,1-6H3;1-8H3;5-8H2,1-4H3;1-4H2/t9-,10-,11-,12-;;;;;/m1...../s1. The van der Waals surface area contributed by atoms with Crippen LogP contribution in [-0.4, -0.2) is 258 Å². The first-order valence-electron chi connectivity index (χ1n) is 38.1. The van der Waals surface area contributed by atoms with Crippen LogP contribution in [0.15, 0.2) is 48.5 Å². The van der Waals surface area contributed by atoms with Crippen LogP contribution in [0.3, 0.4) is 0 Å². The molecule has 2 unspecified atom stereocenters. The lowest BCUT2D eigenvalue weighted by molar-refractivity contribution is -0.163. The SMILES string of the molecule is C1COB(B2OCCO2)O1.CC1(C)COB(B2OCC(C)(C)CO2)OC1.CC1(C)OB(B2OC(C)(C)C(C)(C)O2)OC1(C)C.CC1CC(C)(C)OB(B2OC(C)CC(C)(C)O2)O1.CCOC(=O)[C@@H]1OB(B2O[C@@H](C(=O)OCC)[C@H](C(=O)OCC)O2)O[C@H]1C(=O)OCC.c1ccc2c(c1)OB(B1Oc3ccccc3O1)O2. The number of carbonyl (C=O) groups excluding carboxylic acids is 4. The van der Waals surface area contributed by atoms with Gasteiger partial charge in [0, 0.05) is 49.5 Å². The van der Waals surface area contributed by atoms with E-state index in [-0.39, 0.29) is 111 Å². The fraction of sp³-hybridized carbons (Fsp3) is 0.758. The summed E-state index contributed by atoms with van der Waals surface area (Å²) in [6.07, 6.45) is -3.68. The maximum Gasteiger partial charge on any atom is 0.658 e. The Morgan fingerprint density at radius 2 is 0.555 bits per heavy atom. The Bertz CT molecular complexity index is 2950. The van der Waals surface area contributed by atoms with Crippen molar-refractivity contribution >= 4 is 108 Å². The summed E-state index contributed by atoms with van der Waals surface area (Å²) in [7, 11) is -7.15. The lowest BCUT2D eigenvalue weighted by atomic mass is 9.46. The molecule has 12 heterocycles. The van der Waals surface area contributed by atoms with Gasteiger partial charge in [0.15, 0.2) is 24.4 Å². The summed E-state index contributed by atoms with van der Waals surface area (Å²) >= 11 is 0. The van der Waals surface area contributed by atoms with Crippen molar-refractivity contribution in [1.29, 1.82) is 0 Å². The highest BCUT2D eigenvalue weighted by Gasteiger charge is 2.65. The highest BCUT2D eigenvalue weighted by Crippen LogP contribution is 2.44. The van der Waals surface area contributed by atoms with Crippen LogP contribution in [-0.2, 0) is 131 Å². The van der Waals surface area contributed by atoms with Crippen molar-refractivity contribution in [3.05, 3.63) is 48.5 Å². The molecule has 0 saturated carbocycles. The molecule has 0 spiro atoms. The first kappa shape index (κ1) is 89.4. The van der Waals surface area contributed by atoms with Crippen LogP contribution >= 0.6 is 0 Å². The highest BCUT2D eigenvalue weighted by atomic mass is 16.8. The van der Waals surface area contributed by atoms with Gasteiger partial charge < -0.3 is 131 Å². The zero-order valence-electron chi connectivity index (χ0n) is 68.0. The zero-order valence-corrected chi connectivity index (χ0v) is 68.0. The fourth-order valence-electron chi connectivity index (χ4n) is 12.6. The van der Waals surface area contributed by atoms with E-state index < -0.39 is 104 Å². The van der Waals surface area contributed by atoms with Crippen LogP contribution in [0, 0.1) is 10.8 Å². The van der Waals surface area contributed by atoms with Crippen molar-refractivity contribution in [2.45, 2.75) is 235 Å². The van der Waals surface area contributed by atoms with Gasteiger partial charge in [-0.25, -0.2) is 19.2 Å². The maximum absolute atomic E-state index is 12.2. The number of rotatable bonds is 14. The number of hydrogen-bond acceptors (Lipinski definition) is 32. The van der Waals surface area contributed by atoms with Gasteiger partial charge in [0.1, 0.15) is 23.0 Å². The van der Waals surface area contributed by atoms with Crippen LogP contribution in [0.5, 0.6) is 23.0 Å². The minimum Gasteiger partial charge on any atom is -0.524 e. The molecule has 12 aliphatic heterocycles. The van der Waals surface area contributed by atoms with Gasteiger partial charge in [-0.1, -0.05) is 52.0 Å². The first-order valence-corrected chi connectivity index (χ1v) is 38.1. The molecule has 0 aliphatic carbocycles. The number of fused-ring (bicyclic) bond motifs is 2. The van der Waals surface area contributed by atoms with Crippen molar-refractivity contribution in [2.75, 3.05) is 79.3 Å². The molecule has 12 aliphatic rings. The summed E-state index contributed by atoms with van der Waals surface area (Å²) in [4.78, 5) is 48.7. The van der Waals surface area contributed by atoms with E-state index in [0.29, 0.717) is 75.9 Å². The number of esters is 4. The molecule has 2 aromatic carbocycles. The molecule has 6 atom stereocenters. The molecule has 10 fully saturated rings. The average molecular weight is 1540 g/mol. The van der Waals surface area contributed by atoms with Gasteiger partial charge in [-0.2, -0.15) is 0 Å². The minimum absolute atomic E-state index is 0.0468. The zero-order chi connectivity index (χ0) is 80.4. The molecule has 0 bridgehead atoms. The van der Waals surface area contributed by atoms with E-state index in [4.69, 9.17) is 131 Å². The lowest BCUT2D eigenvalue weighted by Gasteiger charge is -2.44. The van der Waals surface area contributed by atoms with Crippen LogP contribution in [0.4, 0.5) is 0 Å². The molecular formula is C66H108B12O32. The number of para-hydroxylation sites is 4. The Balaban J connectivity index is 0.000000156. The molecule has 0 radical (unpaired) electrons. The van der Waals surface area contributed by atoms with E-state index in [1.54, 1.807) is 27.7 Å². The van der Waals surface area contributed by atoms with E-state index in [2.05, 4.69) is 69.2 Å². The van der Waals surface area contributed by atoms with Crippen LogP contribution in [0.1, 0.15) is 165 Å². The quantitative estimate of drug-likeness (QED) is 0.125. The average Bonchev–Trinajstić information content (AvgIpc) is 1.60. The summed E-state index contributed by atoms with van der Waals surface area (Å²) in [5.74, 6) is -0.535. The number of benzene rings is 2. The van der Waals surface area contributed by atoms with Gasteiger partial charge in [-0.05, 0) is 162 Å². The van der Waals surface area contributed by atoms with Crippen molar-refractivity contribution in [1.82, 2.24) is 0 Å². The Morgan fingerprint density at radius 3 is 0.782 bits per heavy atom. The third kappa shape index (κ3) is 23.9. The number of hydrogen-bond donors (Lipinski definition) is 0. The van der Waals surface area contributed by atoms with Crippen molar-refractivity contribution in [3.8, 4) is 23.0 Å². The van der Waals surface area contributed by atoms with E-state index in [0.717, 1.165) is 12.8 Å². The molecule has 10 saturated heterocycles. The Labute approximate surface area is 652 Å². The van der Waals surface area contributed by atoms with Crippen LogP contribution in [0.25, 0.3) is 0 Å². The Hall–Kier alpha value is -4.50. The van der Waals surface area contributed by atoms with E-state index >= 15 is 0 Å². The van der Waals surface area contributed by atoms with Gasteiger partial charge in [0.25, 0.3) is 0 Å². The van der Waals surface area contributed by atoms with Gasteiger partial charge >= 0.3 is 108 Å². The molecule has 14 rings (SSSR count). The van der Waals surface area contributed by atoms with Crippen LogP contribution in [0.2, 0.25) is 0 Å². The third-order valence-corrected chi connectivity index (χ3v) is 19.3. The van der Waals surface area contributed by atoms with Gasteiger partial charge in [0.2, 0.25) is 0 Å². The van der Waals surface area contributed by atoms with Crippen molar-refractivity contribution in [2.24, 2.45) is 10.8 Å². The highest BCUT2D eigenvalue weighted by molar-refractivity contribution is 7.13. The second kappa shape index (κ2) is 38.1. The molecule has 0 N–H and O–H groups in total. The van der Waals surface area contributed by atoms with Crippen molar-refractivity contribution < 1.29 is 150 Å². The minimum atomic E-state index is -1.44. The summed E-state index contributed by atoms with van der Waals surface area (Å²) in [6, 6.07) is 15.0. The number of carbonyl (C=O) groups is 4. The molecule has 110 heavy (non-hydrogen) atoms. The molecule has 32 nitrogen and oxygen atoms in total. The second-order valence-corrected chi connectivity index (χ2v) is 32.6. The lowest BCUT2D eigenvalue weighted by Crippen LogP contribution is -2.60. The molecule has 0 amide bonds. The molecule has 0 aromatic heterocycles. The smallest absolute Gasteiger partial charge is 0.524 e. The molecule has 44 heteroatoms. The molecular weight excluding hydrogens is 1430 g/mol. The maximum atomic E-state index is 12.2. The fourth-order valence-corrected chi connectivity index (χ4v) is 12.6. The van der Waals surface area contributed by atoms with Gasteiger partial charge in [-0.15, -0.1) is 0 Å². The summed E-state index contributed by atoms with van der Waals surface area (Å²) in [5, 5.41) is 0. The summed E-state index contributed by atoms with van der Waals surface area (Å²) in [5.41, 5.74) is -1.65. The van der Waals surface area contributed by atoms with Gasteiger partial charge in [0.05, 0.1) is 86.5 Å². The number of ether oxygens (including phenoxy) is 4. The third-order valence-electron chi connectivity index (χ3n) is 19.3. The molecule has 600 valence electrons. The Morgan fingerprint density at radius 1 is 0.318 bits per heavy atom. The predicted octanol–water partition coefficient (Wildman–Crippen LogP) is 5.67. The van der Waals surface area contributed by atoms with E-state index in [1.165, 1.54) is 0 Å². The topological polar surface area (TPSA) is 327 Å². The van der Waals surface area contributed by atoms with E-state index in [1.807, 2.05) is 104 Å². The molecule has 2 aromatic rings. The summed E-state index contributed by atoms with van der Waals surface area (Å²) in [6.45, 7) is 49.0. The monoisotopic (exact) mass is 1540 g/mol. The predicted molar refractivity (Wildman–Crippen MR) is 407 cm³/mol. The van der Waals surface area contributed by atoms with Gasteiger partial charge in [-0.3, -0.25) is 0 Å². The van der Waals surface area contributed by atoms with Crippen molar-refractivity contribution in [3.63, 3.8) is 0 Å². The summed E-state index contributed by atoms with van der Waals surface area (Å²) < 4.78 is 155.